The van der Waals surface area contributed by atoms with Crippen LogP contribution in [0.15, 0.2) is 84.4 Å². The van der Waals surface area contributed by atoms with Crippen LogP contribution >= 0.6 is 23.2 Å². The molecule has 3 aromatic rings. The predicted octanol–water partition coefficient (Wildman–Crippen LogP) is 5.73. The van der Waals surface area contributed by atoms with Crippen LogP contribution < -0.4 is 4.90 Å². The highest BCUT2D eigenvalue weighted by Crippen LogP contribution is 2.65. The van der Waals surface area contributed by atoms with E-state index in [9.17, 15) is 24.3 Å². The van der Waals surface area contributed by atoms with E-state index < -0.39 is 58.7 Å². The number of carbonyl (C=O) groups excluding carboxylic acids is 4. The Morgan fingerprint density at radius 3 is 2.36 bits per heavy atom. The number of hydrogen-bond donors (Lipinski definition) is 2. The maximum Gasteiger partial charge on any atom is 0.303 e. The Balaban J connectivity index is 1.43. The number of phenols is 1. The molecule has 1 saturated carbocycles. The van der Waals surface area contributed by atoms with Gasteiger partial charge in [-0.3, -0.25) is 28.9 Å². The van der Waals surface area contributed by atoms with Gasteiger partial charge in [-0.05, 0) is 66.6 Å². The summed E-state index contributed by atoms with van der Waals surface area (Å²) in [5, 5.41) is 20.0. The number of carboxylic acids is 1. The maximum absolute atomic E-state index is 15.2. The first-order chi connectivity index (χ1) is 22.5. The molecule has 240 valence electrons. The summed E-state index contributed by atoms with van der Waals surface area (Å²) in [7, 11) is 0. The molecular formula is C36H30Cl2N2O7. The van der Waals surface area contributed by atoms with E-state index >= 15 is 4.79 Å². The molecule has 2 heterocycles. The molecule has 4 amide bonds. The van der Waals surface area contributed by atoms with Crippen molar-refractivity contribution in [3.63, 3.8) is 0 Å². The summed E-state index contributed by atoms with van der Waals surface area (Å²) in [5.74, 6) is -6.56. The highest BCUT2D eigenvalue weighted by atomic mass is 35.5. The van der Waals surface area contributed by atoms with Crippen LogP contribution in [0.25, 0.3) is 0 Å². The number of carbonyl (C=O) groups is 5. The van der Waals surface area contributed by atoms with Crippen molar-refractivity contribution in [3.05, 3.63) is 106 Å². The minimum atomic E-state index is -1.48. The molecule has 4 aliphatic rings. The number of amides is 4. The highest BCUT2D eigenvalue weighted by Gasteiger charge is 2.70. The SMILES string of the molecule is O=C(O)CCCN1C(=O)[C@H]2[C@H](CC=C3[C@H]2C[C@H]2C(=O)N(c4cccc(Cl)c4)C(=O)[C@@]2(c2ccccc2)[C@H]3c2ccc(O)cc2Cl)C1=O. The number of imide groups is 2. The fourth-order valence-electron chi connectivity index (χ4n) is 8.51. The number of fused-ring (bicyclic) bond motifs is 4. The van der Waals surface area contributed by atoms with Gasteiger partial charge in [0, 0.05) is 28.9 Å². The van der Waals surface area contributed by atoms with Crippen molar-refractivity contribution in [2.24, 2.45) is 23.7 Å². The molecule has 0 unspecified atom stereocenters. The molecule has 2 aliphatic carbocycles. The molecule has 0 aromatic heterocycles. The fourth-order valence-corrected chi connectivity index (χ4v) is 8.98. The van der Waals surface area contributed by atoms with Crippen molar-refractivity contribution >= 4 is 58.5 Å². The average Bonchev–Trinajstić information content (AvgIpc) is 3.42. The molecule has 0 spiro atoms. The summed E-state index contributed by atoms with van der Waals surface area (Å²) in [6.45, 7) is -0.0103. The van der Waals surface area contributed by atoms with Crippen molar-refractivity contribution < 1.29 is 34.2 Å². The minimum Gasteiger partial charge on any atom is -0.508 e. The number of allylic oxidation sites excluding steroid dienone is 2. The van der Waals surface area contributed by atoms with Crippen LogP contribution in [0.2, 0.25) is 10.0 Å². The summed E-state index contributed by atoms with van der Waals surface area (Å²) in [6.07, 6.45) is 2.23. The van der Waals surface area contributed by atoms with Crippen LogP contribution in [0.5, 0.6) is 5.75 Å². The molecule has 6 atom stereocenters. The molecule has 2 aliphatic heterocycles. The Morgan fingerprint density at radius 2 is 1.66 bits per heavy atom. The zero-order chi connectivity index (χ0) is 33.2. The number of anilines is 1. The Labute approximate surface area is 280 Å². The van der Waals surface area contributed by atoms with Crippen LogP contribution in [0, 0.1) is 23.7 Å². The van der Waals surface area contributed by atoms with Gasteiger partial charge in [0.05, 0.1) is 28.9 Å². The molecule has 2 N–H and O–H groups in total. The van der Waals surface area contributed by atoms with Gasteiger partial charge in [0.1, 0.15) is 5.75 Å². The molecule has 3 aromatic carbocycles. The van der Waals surface area contributed by atoms with E-state index in [1.54, 1.807) is 30.3 Å². The van der Waals surface area contributed by atoms with Gasteiger partial charge in [-0.25, -0.2) is 4.90 Å². The second-order valence-electron chi connectivity index (χ2n) is 12.6. The second-order valence-corrected chi connectivity index (χ2v) is 13.5. The van der Waals surface area contributed by atoms with E-state index in [0.29, 0.717) is 21.8 Å². The van der Waals surface area contributed by atoms with Crippen molar-refractivity contribution in [2.45, 2.75) is 37.0 Å². The van der Waals surface area contributed by atoms with E-state index in [1.807, 2.05) is 36.4 Å². The van der Waals surface area contributed by atoms with Gasteiger partial charge in [0.2, 0.25) is 23.6 Å². The van der Waals surface area contributed by atoms with Gasteiger partial charge >= 0.3 is 5.97 Å². The van der Waals surface area contributed by atoms with E-state index in [2.05, 4.69) is 0 Å². The molecule has 0 bridgehead atoms. The van der Waals surface area contributed by atoms with E-state index in [0.717, 1.165) is 10.5 Å². The van der Waals surface area contributed by atoms with E-state index in [1.165, 1.54) is 17.0 Å². The summed E-state index contributed by atoms with van der Waals surface area (Å²) in [6, 6.07) is 20.1. The Morgan fingerprint density at radius 1 is 0.894 bits per heavy atom. The Kier molecular flexibility index (Phi) is 7.72. The number of rotatable bonds is 7. The van der Waals surface area contributed by atoms with Crippen LogP contribution in [-0.2, 0) is 29.4 Å². The summed E-state index contributed by atoms with van der Waals surface area (Å²) in [5.41, 5.74) is 0.689. The van der Waals surface area contributed by atoms with Crippen molar-refractivity contribution in [1.29, 1.82) is 0 Å². The molecule has 9 nitrogen and oxygen atoms in total. The third-order valence-electron chi connectivity index (χ3n) is 10.3. The molecule has 0 radical (unpaired) electrons. The van der Waals surface area contributed by atoms with Gasteiger partial charge in [-0.15, -0.1) is 0 Å². The number of likely N-dealkylation sites (tertiary alicyclic amines) is 1. The summed E-state index contributed by atoms with van der Waals surface area (Å²) >= 11 is 13.2. The lowest BCUT2D eigenvalue weighted by molar-refractivity contribution is -0.142. The van der Waals surface area contributed by atoms with Gasteiger partial charge in [0.25, 0.3) is 0 Å². The van der Waals surface area contributed by atoms with E-state index in [4.69, 9.17) is 28.3 Å². The number of aliphatic carboxylic acids is 1. The lowest BCUT2D eigenvalue weighted by Crippen LogP contribution is -2.53. The summed E-state index contributed by atoms with van der Waals surface area (Å²) < 4.78 is 0. The van der Waals surface area contributed by atoms with Crippen LogP contribution in [0.1, 0.15) is 42.7 Å². The molecular weight excluding hydrogens is 643 g/mol. The zero-order valence-corrected chi connectivity index (χ0v) is 26.5. The normalized spacial score (nSPS) is 28.2. The quantitative estimate of drug-likeness (QED) is 0.242. The summed E-state index contributed by atoms with van der Waals surface area (Å²) in [4.78, 5) is 71.0. The Hall–Kier alpha value is -4.47. The standard InChI is InChI=1S/C36H30Cl2N2O7/c37-20-8-4-9-21(16-20)40-33(45)27-18-26-23(13-14-25-30(26)34(46)39(32(25)44)15-5-10-29(42)43)31(24-12-11-22(41)17-28(24)38)36(27,35(40)47)19-6-2-1-3-7-19/h1-4,6-9,11-13,16-17,25-27,30-31,41H,5,10,14-15,18H2,(H,42,43)/t25-,26+,27-,30-,31+,36+/m0/s1. The Bertz CT molecular complexity index is 1880. The lowest BCUT2D eigenvalue weighted by atomic mass is 9.49. The number of hydrogen-bond acceptors (Lipinski definition) is 6. The monoisotopic (exact) mass is 672 g/mol. The molecule has 7 rings (SSSR count). The van der Waals surface area contributed by atoms with E-state index in [-0.39, 0.29) is 48.9 Å². The minimum absolute atomic E-state index is 0.0103. The van der Waals surface area contributed by atoms with Crippen LogP contribution in [0.3, 0.4) is 0 Å². The first-order valence-electron chi connectivity index (χ1n) is 15.5. The smallest absolute Gasteiger partial charge is 0.303 e. The number of nitrogens with zero attached hydrogens (tertiary/aromatic N) is 2. The predicted molar refractivity (Wildman–Crippen MR) is 173 cm³/mol. The van der Waals surface area contributed by atoms with Crippen LogP contribution in [0.4, 0.5) is 5.69 Å². The zero-order valence-electron chi connectivity index (χ0n) is 25.0. The van der Waals surface area contributed by atoms with Gasteiger partial charge in [0.15, 0.2) is 0 Å². The first-order valence-corrected chi connectivity index (χ1v) is 16.3. The number of carboxylic acid groups (broad SMARTS) is 1. The maximum atomic E-state index is 15.2. The van der Waals surface area contributed by atoms with Crippen LogP contribution in [-0.4, -0.2) is 51.3 Å². The molecule has 3 fully saturated rings. The molecule has 47 heavy (non-hydrogen) atoms. The fraction of sp³-hybridized carbons (Fsp3) is 0.306. The second kappa shape index (κ2) is 11.6. The lowest BCUT2D eigenvalue weighted by Gasteiger charge is -2.51. The highest BCUT2D eigenvalue weighted by molar-refractivity contribution is 6.33. The van der Waals surface area contributed by atoms with Crippen molar-refractivity contribution in [3.8, 4) is 5.75 Å². The topological polar surface area (TPSA) is 132 Å². The van der Waals surface area contributed by atoms with Crippen molar-refractivity contribution in [1.82, 2.24) is 4.90 Å². The number of halogens is 2. The van der Waals surface area contributed by atoms with Gasteiger partial charge in [-0.1, -0.05) is 77.3 Å². The van der Waals surface area contributed by atoms with Gasteiger partial charge < -0.3 is 10.2 Å². The number of phenolic OH excluding ortho intramolecular Hbond substituents is 1. The molecule has 11 heteroatoms. The molecule has 2 saturated heterocycles. The third kappa shape index (κ3) is 4.70. The van der Waals surface area contributed by atoms with Gasteiger partial charge in [-0.2, -0.15) is 0 Å². The number of benzene rings is 3. The average molecular weight is 674 g/mol. The third-order valence-corrected chi connectivity index (χ3v) is 10.9. The van der Waals surface area contributed by atoms with Crippen molar-refractivity contribution in [2.75, 3.05) is 11.4 Å². The number of aromatic hydroxyl groups is 1. The first kappa shape index (κ1) is 31.1. The largest absolute Gasteiger partial charge is 0.508 e.